The second-order valence-electron chi connectivity index (χ2n) is 3.40. The van der Waals surface area contributed by atoms with Crippen LogP contribution in [0.4, 0.5) is 5.69 Å². The molecule has 5 nitrogen and oxygen atoms in total. The zero-order valence-corrected chi connectivity index (χ0v) is 9.37. The Kier molecular flexibility index (Phi) is 3.66. The number of benzene rings is 1. The lowest BCUT2D eigenvalue weighted by atomic mass is 10.2. The number of carbonyl (C=O) groups excluding carboxylic acids is 2. The van der Waals surface area contributed by atoms with Crippen LogP contribution in [0.2, 0.25) is 0 Å². The van der Waals surface area contributed by atoms with E-state index >= 15 is 0 Å². The average Bonchev–Trinajstić information content (AvgIpc) is 2.94. The van der Waals surface area contributed by atoms with Crippen molar-refractivity contribution < 1.29 is 14.0 Å². The summed E-state index contributed by atoms with van der Waals surface area (Å²) in [7, 11) is 0. The van der Waals surface area contributed by atoms with E-state index in [0.717, 1.165) is 0 Å². The molecule has 2 aromatic rings. The monoisotopic (exact) mass is 242 g/mol. The maximum absolute atomic E-state index is 11.8. The smallest absolute Gasteiger partial charge is 0.251 e. The number of nitrogens with one attached hydrogen (secondary N) is 1. The number of hydrogen-bond acceptors (Lipinski definition) is 5. The summed E-state index contributed by atoms with van der Waals surface area (Å²) in [6, 6.07) is 12.1. The summed E-state index contributed by atoms with van der Waals surface area (Å²) in [5.41, 5.74) is 3.08. The number of hydrazone groups is 1. The molecule has 18 heavy (non-hydrogen) atoms. The molecule has 0 atom stereocenters. The Bertz CT molecular complexity index is 559. The van der Waals surface area contributed by atoms with E-state index in [9.17, 15) is 9.59 Å². The fourth-order valence-electron chi connectivity index (χ4n) is 1.30. The first-order valence-corrected chi connectivity index (χ1v) is 5.23. The maximum Gasteiger partial charge on any atom is 0.251 e. The van der Waals surface area contributed by atoms with Gasteiger partial charge in [0.1, 0.15) is 0 Å². The van der Waals surface area contributed by atoms with Gasteiger partial charge in [-0.05, 0) is 24.3 Å². The van der Waals surface area contributed by atoms with Crippen LogP contribution in [0.25, 0.3) is 0 Å². The molecular weight excluding hydrogens is 232 g/mol. The second-order valence-corrected chi connectivity index (χ2v) is 3.40. The summed E-state index contributed by atoms with van der Waals surface area (Å²) >= 11 is 0. The van der Waals surface area contributed by atoms with E-state index in [-0.39, 0.29) is 11.5 Å². The first-order chi connectivity index (χ1) is 8.81. The van der Waals surface area contributed by atoms with Gasteiger partial charge < -0.3 is 4.42 Å². The number of anilines is 1. The van der Waals surface area contributed by atoms with Crippen molar-refractivity contribution >= 4 is 23.5 Å². The van der Waals surface area contributed by atoms with Crippen LogP contribution >= 0.6 is 0 Å². The number of Topliss-reactive ketones (excluding diaryl/α,β-unsaturated/α-hetero) is 1. The average molecular weight is 242 g/mol. The van der Waals surface area contributed by atoms with Gasteiger partial charge in [-0.25, -0.2) is 0 Å². The molecule has 1 aromatic carbocycles. The Hall–Kier alpha value is -2.69. The Morgan fingerprint density at radius 1 is 1.17 bits per heavy atom. The molecule has 0 aliphatic rings. The highest BCUT2D eigenvalue weighted by Gasteiger charge is 2.16. The number of ketones is 1. The molecule has 90 valence electrons. The normalized spacial score (nSPS) is 11.0. The van der Waals surface area contributed by atoms with Crippen molar-refractivity contribution in [1.82, 2.24) is 0 Å². The zero-order chi connectivity index (χ0) is 12.8. The number of nitrogens with zero attached hydrogens (tertiary/aromatic N) is 1. The van der Waals surface area contributed by atoms with Crippen LogP contribution in [0, 0.1) is 0 Å². The van der Waals surface area contributed by atoms with Crippen molar-refractivity contribution in [2.45, 2.75) is 0 Å². The summed E-state index contributed by atoms with van der Waals surface area (Å²) in [4.78, 5) is 22.6. The van der Waals surface area contributed by atoms with E-state index < -0.39 is 5.78 Å². The molecule has 0 aliphatic carbocycles. The molecule has 0 fully saturated rings. The van der Waals surface area contributed by atoms with Gasteiger partial charge in [0.15, 0.2) is 17.8 Å². The van der Waals surface area contributed by atoms with Gasteiger partial charge in [0.25, 0.3) is 5.78 Å². The molecule has 1 N–H and O–H groups in total. The van der Waals surface area contributed by atoms with Crippen LogP contribution in [0.3, 0.4) is 0 Å². The van der Waals surface area contributed by atoms with Gasteiger partial charge in [0.2, 0.25) is 0 Å². The standard InChI is InChI=1S/C13H10N2O3/c16-9-11(13(17)12-7-4-8-18-12)15-14-10-5-2-1-3-6-10/h1-9,14H/b15-11-. The molecule has 5 heteroatoms. The SMILES string of the molecule is O=C/C(=N/Nc1ccccc1)C(=O)c1ccco1. The molecule has 0 bridgehead atoms. The van der Waals surface area contributed by atoms with Crippen LogP contribution in [0.1, 0.15) is 10.6 Å². The Labute approximate surface area is 103 Å². The molecule has 0 saturated heterocycles. The second kappa shape index (κ2) is 5.58. The molecule has 2 rings (SSSR count). The van der Waals surface area contributed by atoms with Crippen molar-refractivity contribution in [1.29, 1.82) is 0 Å². The summed E-state index contributed by atoms with van der Waals surface area (Å²) in [6.45, 7) is 0. The molecule has 0 radical (unpaired) electrons. The third-order valence-electron chi connectivity index (χ3n) is 2.17. The number of rotatable bonds is 5. The van der Waals surface area contributed by atoms with Crippen LogP contribution in [-0.2, 0) is 4.79 Å². The van der Waals surface area contributed by atoms with E-state index in [4.69, 9.17) is 4.42 Å². The van der Waals surface area contributed by atoms with Gasteiger partial charge in [-0.3, -0.25) is 15.0 Å². The minimum absolute atomic E-state index is 0.0794. The van der Waals surface area contributed by atoms with Gasteiger partial charge >= 0.3 is 0 Å². The largest absolute Gasteiger partial charge is 0.461 e. The topological polar surface area (TPSA) is 71.7 Å². The van der Waals surface area contributed by atoms with Crippen LogP contribution in [0.15, 0.2) is 58.2 Å². The van der Waals surface area contributed by atoms with E-state index in [1.807, 2.05) is 18.2 Å². The van der Waals surface area contributed by atoms with Crippen molar-refractivity contribution in [2.75, 3.05) is 5.43 Å². The van der Waals surface area contributed by atoms with E-state index in [2.05, 4.69) is 10.5 Å². The summed E-state index contributed by atoms with van der Waals surface area (Å²) < 4.78 is 4.91. The van der Waals surface area contributed by atoms with E-state index in [1.54, 1.807) is 18.2 Å². The quantitative estimate of drug-likeness (QED) is 0.286. The van der Waals surface area contributed by atoms with E-state index in [1.165, 1.54) is 12.3 Å². The maximum atomic E-state index is 11.8. The van der Waals surface area contributed by atoms with Crippen LogP contribution in [0.5, 0.6) is 0 Å². The molecule has 0 amide bonds. The Morgan fingerprint density at radius 2 is 1.94 bits per heavy atom. The lowest BCUT2D eigenvalue weighted by Crippen LogP contribution is -2.16. The number of carbonyl (C=O) groups is 2. The Morgan fingerprint density at radius 3 is 2.56 bits per heavy atom. The van der Waals surface area contributed by atoms with Crippen LogP contribution in [-0.4, -0.2) is 17.8 Å². The van der Waals surface area contributed by atoms with E-state index in [0.29, 0.717) is 12.0 Å². The third-order valence-corrected chi connectivity index (χ3v) is 2.17. The highest BCUT2D eigenvalue weighted by atomic mass is 16.3. The highest BCUT2D eigenvalue weighted by molar-refractivity contribution is 6.63. The fraction of sp³-hybridized carbons (Fsp3) is 0. The lowest BCUT2D eigenvalue weighted by molar-refractivity contribution is -0.102. The van der Waals surface area contributed by atoms with Gasteiger partial charge in [0.05, 0.1) is 12.0 Å². The summed E-state index contributed by atoms with van der Waals surface area (Å²) in [5.74, 6) is -0.478. The molecule has 1 heterocycles. The van der Waals surface area contributed by atoms with Crippen molar-refractivity contribution in [3.63, 3.8) is 0 Å². The minimum Gasteiger partial charge on any atom is -0.461 e. The minimum atomic E-state index is -0.557. The Balaban J connectivity index is 2.14. The highest BCUT2D eigenvalue weighted by Crippen LogP contribution is 2.06. The van der Waals surface area contributed by atoms with Gasteiger partial charge in [-0.1, -0.05) is 18.2 Å². The molecule has 0 spiro atoms. The van der Waals surface area contributed by atoms with Gasteiger partial charge in [0, 0.05) is 0 Å². The first-order valence-electron chi connectivity index (χ1n) is 5.23. The molecule has 0 aliphatic heterocycles. The summed E-state index contributed by atoms with van der Waals surface area (Å²) in [5, 5.41) is 3.76. The predicted molar refractivity (Wildman–Crippen MR) is 66.6 cm³/mol. The molecule has 0 unspecified atom stereocenters. The fourth-order valence-corrected chi connectivity index (χ4v) is 1.30. The molecular formula is C13H10N2O3. The predicted octanol–water partition coefficient (Wildman–Crippen LogP) is 2.13. The number of furan rings is 1. The number of hydrogen-bond donors (Lipinski definition) is 1. The van der Waals surface area contributed by atoms with Crippen molar-refractivity contribution in [3.05, 3.63) is 54.5 Å². The van der Waals surface area contributed by atoms with Gasteiger partial charge in [-0.15, -0.1) is 0 Å². The van der Waals surface area contributed by atoms with Gasteiger partial charge in [-0.2, -0.15) is 5.10 Å². The number of aldehydes is 1. The molecule has 0 saturated carbocycles. The van der Waals surface area contributed by atoms with Crippen molar-refractivity contribution in [2.24, 2.45) is 5.10 Å². The third kappa shape index (κ3) is 2.70. The van der Waals surface area contributed by atoms with Crippen LogP contribution < -0.4 is 5.43 Å². The van der Waals surface area contributed by atoms with Crippen molar-refractivity contribution in [3.8, 4) is 0 Å². The zero-order valence-electron chi connectivity index (χ0n) is 9.37. The number of para-hydroxylation sites is 1. The lowest BCUT2D eigenvalue weighted by Gasteiger charge is -2.00. The first kappa shape index (κ1) is 11.8. The summed E-state index contributed by atoms with van der Waals surface area (Å²) in [6.07, 6.45) is 1.75. The molecule has 1 aromatic heterocycles.